The fourth-order valence-electron chi connectivity index (χ4n) is 3.54. The van der Waals surface area contributed by atoms with E-state index in [0.717, 1.165) is 28.9 Å². The van der Waals surface area contributed by atoms with Crippen LogP contribution in [0.5, 0.6) is 0 Å². The summed E-state index contributed by atoms with van der Waals surface area (Å²) < 4.78 is 40.0. The second-order valence-corrected chi connectivity index (χ2v) is 6.58. The lowest BCUT2D eigenvalue weighted by Crippen LogP contribution is -2.15. The Balaban J connectivity index is 1.65. The highest BCUT2D eigenvalue weighted by atomic mass is 19.2. The van der Waals surface area contributed by atoms with Gasteiger partial charge in [-0.05, 0) is 65.9 Å². The number of aromatic carboxylic acids is 1. The predicted octanol–water partition coefficient (Wildman–Crippen LogP) is 4.48. The van der Waals surface area contributed by atoms with Crippen molar-refractivity contribution in [3.63, 3.8) is 0 Å². The SMILES string of the molecule is O=C(O)c1cccc2c1CCN2c1cc(Cc2cc(F)c(F)c(F)c2)ccn1. The normalized spacial score (nSPS) is 12.9. The van der Waals surface area contributed by atoms with E-state index in [-0.39, 0.29) is 12.0 Å². The van der Waals surface area contributed by atoms with Gasteiger partial charge in [-0.3, -0.25) is 0 Å². The molecule has 0 saturated heterocycles. The molecule has 0 spiro atoms. The zero-order valence-corrected chi connectivity index (χ0v) is 14.6. The maximum atomic E-state index is 13.5. The first-order valence-electron chi connectivity index (χ1n) is 8.65. The zero-order valence-electron chi connectivity index (χ0n) is 14.6. The quantitative estimate of drug-likeness (QED) is 0.674. The van der Waals surface area contributed by atoms with Crippen molar-refractivity contribution < 1.29 is 23.1 Å². The van der Waals surface area contributed by atoms with E-state index in [1.165, 1.54) is 0 Å². The molecule has 2 heterocycles. The van der Waals surface area contributed by atoms with Crippen molar-refractivity contribution in [1.82, 2.24) is 4.98 Å². The van der Waals surface area contributed by atoms with Gasteiger partial charge in [0, 0.05) is 18.4 Å². The first-order chi connectivity index (χ1) is 13.4. The molecule has 0 saturated carbocycles. The minimum absolute atomic E-state index is 0.208. The summed E-state index contributed by atoms with van der Waals surface area (Å²) in [5, 5.41) is 9.36. The lowest BCUT2D eigenvalue weighted by molar-refractivity contribution is 0.0696. The fourth-order valence-corrected chi connectivity index (χ4v) is 3.54. The van der Waals surface area contributed by atoms with Crippen LogP contribution in [0.25, 0.3) is 0 Å². The number of halogens is 3. The standard InChI is InChI=1S/C21H15F3N2O2/c22-16-9-13(10-17(23)20(16)24)8-12-4-6-25-19(11-12)26-7-5-14-15(21(27)28)2-1-3-18(14)26/h1-4,6,9-11H,5,7-8H2,(H,27,28). The smallest absolute Gasteiger partial charge is 0.336 e. The maximum absolute atomic E-state index is 13.5. The molecular formula is C21H15F3N2O2. The van der Waals surface area contributed by atoms with E-state index < -0.39 is 23.4 Å². The van der Waals surface area contributed by atoms with Crippen molar-refractivity contribution in [2.75, 3.05) is 11.4 Å². The van der Waals surface area contributed by atoms with Crippen molar-refractivity contribution in [3.05, 3.63) is 88.4 Å². The third kappa shape index (κ3) is 3.19. The zero-order chi connectivity index (χ0) is 19.8. The van der Waals surface area contributed by atoms with Crippen molar-refractivity contribution in [1.29, 1.82) is 0 Å². The molecule has 1 aromatic heterocycles. The lowest BCUT2D eigenvalue weighted by atomic mass is 10.0. The second-order valence-electron chi connectivity index (χ2n) is 6.58. The average Bonchev–Trinajstić information content (AvgIpc) is 3.10. The minimum atomic E-state index is -1.48. The van der Waals surface area contributed by atoms with Gasteiger partial charge in [0.1, 0.15) is 5.82 Å². The number of fused-ring (bicyclic) bond motifs is 1. The summed E-state index contributed by atoms with van der Waals surface area (Å²) in [4.78, 5) is 17.7. The van der Waals surface area contributed by atoms with Crippen LogP contribution in [0.2, 0.25) is 0 Å². The van der Waals surface area contributed by atoms with Crippen LogP contribution in [0.3, 0.4) is 0 Å². The third-order valence-electron chi connectivity index (χ3n) is 4.80. The molecule has 1 aliphatic heterocycles. The topological polar surface area (TPSA) is 53.4 Å². The number of rotatable bonds is 4. The summed E-state index contributed by atoms with van der Waals surface area (Å²) in [7, 11) is 0. The molecule has 0 fully saturated rings. The number of pyridine rings is 1. The summed E-state index contributed by atoms with van der Waals surface area (Å²) in [5.41, 5.74) is 2.86. The molecule has 3 aromatic rings. The van der Waals surface area contributed by atoms with E-state index in [0.29, 0.717) is 24.3 Å². The number of carbonyl (C=O) groups is 1. The Bertz CT molecular complexity index is 1060. The largest absolute Gasteiger partial charge is 0.478 e. The molecule has 0 aliphatic carbocycles. The molecule has 0 bridgehead atoms. The van der Waals surface area contributed by atoms with Crippen molar-refractivity contribution in [2.24, 2.45) is 0 Å². The van der Waals surface area contributed by atoms with Crippen LogP contribution in [0.15, 0.2) is 48.7 Å². The molecule has 0 amide bonds. The molecule has 0 atom stereocenters. The summed E-state index contributed by atoms with van der Waals surface area (Å²) >= 11 is 0. The van der Waals surface area contributed by atoms with Gasteiger partial charge < -0.3 is 10.0 Å². The van der Waals surface area contributed by atoms with Gasteiger partial charge in [0.2, 0.25) is 0 Å². The number of anilines is 2. The Morgan fingerprint density at radius 1 is 1.07 bits per heavy atom. The van der Waals surface area contributed by atoms with Gasteiger partial charge in [-0.25, -0.2) is 22.9 Å². The number of hydrogen-bond donors (Lipinski definition) is 1. The Hall–Kier alpha value is -3.35. The van der Waals surface area contributed by atoms with E-state index in [1.54, 1.807) is 30.5 Å². The second kappa shape index (κ2) is 6.99. The molecule has 0 unspecified atom stereocenters. The third-order valence-corrected chi connectivity index (χ3v) is 4.80. The first kappa shape index (κ1) is 18.0. The molecule has 2 aromatic carbocycles. The molecule has 1 N–H and O–H groups in total. The summed E-state index contributed by atoms with van der Waals surface area (Å²) in [5.74, 6) is -4.29. The Morgan fingerprint density at radius 3 is 2.54 bits per heavy atom. The number of aromatic nitrogens is 1. The summed E-state index contributed by atoms with van der Waals surface area (Å²) in [6.45, 7) is 0.579. The van der Waals surface area contributed by atoms with Gasteiger partial charge >= 0.3 is 5.97 Å². The Morgan fingerprint density at radius 2 is 1.82 bits per heavy atom. The molecule has 4 rings (SSSR count). The van der Waals surface area contributed by atoms with Crippen molar-refractivity contribution in [2.45, 2.75) is 12.8 Å². The van der Waals surface area contributed by atoms with Crippen LogP contribution < -0.4 is 4.90 Å². The highest BCUT2D eigenvalue weighted by Gasteiger charge is 2.25. The van der Waals surface area contributed by atoms with Crippen molar-refractivity contribution in [3.8, 4) is 0 Å². The molecule has 4 nitrogen and oxygen atoms in total. The highest BCUT2D eigenvalue weighted by Crippen LogP contribution is 2.35. The highest BCUT2D eigenvalue weighted by molar-refractivity contribution is 5.92. The fraction of sp³-hybridized carbons (Fsp3) is 0.143. The monoisotopic (exact) mass is 384 g/mol. The molecule has 142 valence electrons. The predicted molar refractivity (Wildman–Crippen MR) is 97.5 cm³/mol. The molecule has 28 heavy (non-hydrogen) atoms. The number of hydrogen-bond acceptors (Lipinski definition) is 3. The van der Waals surface area contributed by atoms with Gasteiger partial charge in [-0.2, -0.15) is 0 Å². The van der Waals surface area contributed by atoms with Crippen LogP contribution in [0.4, 0.5) is 24.7 Å². The molecule has 0 radical (unpaired) electrons. The average molecular weight is 384 g/mol. The van der Waals surface area contributed by atoms with Gasteiger partial charge in [0.15, 0.2) is 17.5 Å². The van der Waals surface area contributed by atoms with Crippen LogP contribution in [0, 0.1) is 17.5 Å². The number of carboxylic acid groups (broad SMARTS) is 1. The number of benzene rings is 2. The first-order valence-corrected chi connectivity index (χ1v) is 8.65. The van der Waals surface area contributed by atoms with Gasteiger partial charge in [0.05, 0.1) is 5.56 Å². The minimum Gasteiger partial charge on any atom is -0.478 e. The van der Waals surface area contributed by atoms with E-state index in [9.17, 15) is 23.1 Å². The van der Waals surface area contributed by atoms with Crippen molar-refractivity contribution >= 4 is 17.5 Å². The molecular weight excluding hydrogens is 369 g/mol. The van der Waals surface area contributed by atoms with Crippen LogP contribution >= 0.6 is 0 Å². The van der Waals surface area contributed by atoms with Crippen LogP contribution in [0.1, 0.15) is 27.0 Å². The van der Waals surface area contributed by atoms with E-state index in [4.69, 9.17) is 0 Å². The number of nitrogens with zero attached hydrogens (tertiary/aromatic N) is 2. The number of carboxylic acids is 1. The Kier molecular flexibility index (Phi) is 4.50. The van der Waals surface area contributed by atoms with Gasteiger partial charge in [-0.15, -0.1) is 0 Å². The molecule has 1 aliphatic rings. The van der Waals surface area contributed by atoms with E-state index >= 15 is 0 Å². The van der Waals surface area contributed by atoms with Gasteiger partial charge in [0.25, 0.3) is 0 Å². The maximum Gasteiger partial charge on any atom is 0.336 e. The Labute approximate surface area is 158 Å². The summed E-state index contributed by atoms with van der Waals surface area (Å²) in [6, 6.07) is 10.6. The lowest BCUT2D eigenvalue weighted by Gasteiger charge is -2.19. The molecule has 7 heteroatoms. The summed E-state index contributed by atoms with van der Waals surface area (Å²) in [6.07, 6.45) is 2.37. The van der Waals surface area contributed by atoms with Crippen LogP contribution in [-0.4, -0.2) is 22.6 Å². The van der Waals surface area contributed by atoms with E-state index in [1.807, 2.05) is 11.0 Å². The van der Waals surface area contributed by atoms with Crippen LogP contribution in [-0.2, 0) is 12.8 Å². The van der Waals surface area contributed by atoms with E-state index in [2.05, 4.69) is 4.98 Å². The van der Waals surface area contributed by atoms with Gasteiger partial charge in [-0.1, -0.05) is 6.07 Å².